The second-order valence-electron chi connectivity index (χ2n) is 10.1. The number of carbonyl (C=O) groups excluding carboxylic acids is 1. The van der Waals surface area contributed by atoms with Gasteiger partial charge in [-0.2, -0.15) is 0 Å². The van der Waals surface area contributed by atoms with E-state index in [1.807, 2.05) is 41.5 Å². The molecule has 1 atom stereocenters. The van der Waals surface area contributed by atoms with Crippen molar-refractivity contribution in [1.29, 1.82) is 0 Å². The minimum absolute atomic E-state index is 0.373. The largest absolute Gasteiger partial charge is 0.591 e. The zero-order valence-corrected chi connectivity index (χ0v) is 19.3. The lowest BCUT2D eigenvalue weighted by Gasteiger charge is -2.39. The van der Waals surface area contributed by atoms with Crippen LogP contribution in [0, 0.1) is 17.0 Å². The van der Waals surface area contributed by atoms with E-state index in [2.05, 4.69) is 4.40 Å². The molecule has 0 saturated carbocycles. The van der Waals surface area contributed by atoms with Crippen LogP contribution >= 0.6 is 0 Å². The molecule has 1 aliphatic carbocycles. The van der Waals surface area contributed by atoms with Gasteiger partial charge < -0.3 is 14.2 Å². The van der Waals surface area contributed by atoms with E-state index in [1.165, 1.54) is 12.1 Å². The van der Waals surface area contributed by atoms with Crippen molar-refractivity contribution < 1.29 is 22.9 Å². The smallest absolute Gasteiger partial charge is 0.410 e. The van der Waals surface area contributed by atoms with Crippen molar-refractivity contribution in [2.24, 2.45) is 9.81 Å². The monoisotopic (exact) mass is 440 g/mol. The molecule has 1 fully saturated rings. The number of halogens is 2. The Kier molecular flexibility index (Phi) is 5.97. The normalized spacial score (nSPS) is 21.1. The van der Waals surface area contributed by atoms with Gasteiger partial charge in [-0.1, -0.05) is 4.40 Å². The highest BCUT2D eigenvalue weighted by molar-refractivity contribution is 7.91. The number of hydrogen-bond acceptors (Lipinski definition) is 4. The number of benzene rings is 1. The minimum atomic E-state index is -1.54. The van der Waals surface area contributed by atoms with Gasteiger partial charge in [-0.25, -0.2) is 13.6 Å². The van der Waals surface area contributed by atoms with Crippen molar-refractivity contribution in [1.82, 2.24) is 4.90 Å². The lowest BCUT2D eigenvalue weighted by Crippen LogP contribution is -2.47. The average molecular weight is 441 g/mol. The van der Waals surface area contributed by atoms with Gasteiger partial charge in [-0.15, -0.1) is 0 Å². The zero-order chi connectivity index (χ0) is 22.5. The lowest BCUT2D eigenvalue weighted by molar-refractivity contribution is 0.0159. The Balaban J connectivity index is 1.92. The fraction of sp³-hybridized carbons (Fsp3) is 0.636. The number of ether oxygens (including phenoxy) is 1. The molecule has 0 N–H and O–H groups in total. The van der Waals surface area contributed by atoms with Gasteiger partial charge in [0.2, 0.25) is 0 Å². The van der Waals surface area contributed by atoms with Crippen molar-refractivity contribution in [3.8, 4) is 0 Å². The van der Waals surface area contributed by atoms with Crippen LogP contribution in [0.1, 0.15) is 65.5 Å². The molecule has 166 valence electrons. The number of nitrogens with zero attached hydrogens (tertiary/aromatic N) is 2. The molecule has 1 aromatic carbocycles. The first-order chi connectivity index (χ1) is 13.7. The Bertz CT molecular complexity index is 866. The molecule has 1 saturated heterocycles. The second-order valence-corrected chi connectivity index (χ2v) is 12.1. The van der Waals surface area contributed by atoms with Crippen molar-refractivity contribution in [3.63, 3.8) is 0 Å². The molecule has 8 heteroatoms. The molecule has 2 aliphatic rings. The predicted octanol–water partition coefficient (Wildman–Crippen LogP) is 4.79. The summed E-state index contributed by atoms with van der Waals surface area (Å²) in [5.41, 5.74) is 0.679. The molecule has 5 nitrogen and oxygen atoms in total. The standard InChI is InChI=1S/C22H30F2N2O3S/c1-20(2,3)29-19(27)26-9-7-22(8-10-26)13-14-11-16(23)17(24)12-15(14)18(22)25-30(28)21(4,5)6/h11-12H,7-10,13H2,1-6H3/b25-18+/t30-/m1/s1. The summed E-state index contributed by atoms with van der Waals surface area (Å²) < 4.78 is 50.1. The molecule has 0 bridgehead atoms. The number of hydrogen-bond donors (Lipinski definition) is 0. The SMILES string of the molecule is CC(C)(C)OC(=O)N1CCC2(CC1)Cc1cc(F)c(F)cc1/C2=N\[S@+]([O-])C(C)(C)C. The molecule has 1 heterocycles. The third-order valence-electron chi connectivity index (χ3n) is 5.50. The summed E-state index contributed by atoms with van der Waals surface area (Å²) >= 11 is -1.54. The van der Waals surface area contributed by atoms with Crippen LogP contribution in [0.2, 0.25) is 0 Å². The molecule has 1 spiro atoms. The Hall–Kier alpha value is -1.67. The molecule has 1 aromatic rings. The van der Waals surface area contributed by atoms with E-state index in [1.54, 1.807) is 4.90 Å². The van der Waals surface area contributed by atoms with Gasteiger partial charge in [0.05, 0.1) is 0 Å². The van der Waals surface area contributed by atoms with Crippen LogP contribution in [0.5, 0.6) is 0 Å². The third kappa shape index (κ3) is 4.64. The van der Waals surface area contributed by atoms with Crippen LogP contribution < -0.4 is 0 Å². The lowest BCUT2D eigenvalue weighted by atomic mass is 9.74. The van der Waals surface area contributed by atoms with Crippen molar-refractivity contribution in [3.05, 3.63) is 34.9 Å². The summed E-state index contributed by atoms with van der Waals surface area (Å²) in [6.45, 7) is 11.8. The number of piperidine rings is 1. The topological polar surface area (TPSA) is 65.0 Å². The highest BCUT2D eigenvalue weighted by atomic mass is 32.2. The molecule has 0 unspecified atom stereocenters. The van der Waals surface area contributed by atoms with Gasteiger partial charge >= 0.3 is 6.09 Å². The minimum Gasteiger partial charge on any atom is -0.591 e. The summed E-state index contributed by atoms with van der Waals surface area (Å²) in [6, 6.07) is 2.38. The van der Waals surface area contributed by atoms with E-state index >= 15 is 0 Å². The van der Waals surface area contributed by atoms with E-state index in [-0.39, 0.29) is 6.09 Å². The maximum atomic E-state index is 14.0. The number of likely N-dealkylation sites (tertiary alicyclic amines) is 1. The Labute approximate surface area is 180 Å². The molecule has 1 amide bonds. The fourth-order valence-electron chi connectivity index (χ4n) is 3.91. The Morgan fingerprint density at radius 1 is 1.13 bits per heavy atom. The fourth-order valence-corrected chi connectivity index (χ4v) is 4.64. The number of rotatable bonds is 1. The van der Waals surface area contributed by atoms with Crippen molar-refractivity contribution in [2.45, 2.75) is 71.2 Å². The Morgan fingerprint density at radius 3 is 2.23 bits per heavy atom. The third-order valence-corrected chi connectivity index (χ3v) is 6.90. The average Bonchev–Trinajstić information content (AvgIpc) is 2.86. The maximum Gasteiger partial charge on any atom is 0.410 e. The van der Waals surface area contributed by atoms with Gasteiger partial charge in [0, 0.05) is 24.1 Å². The van der Waals surface area contributed by atoms with Gasteiger partial charge in [0.1, 0.15) is 27.4 Å². The Morgan fingerprint density at radius 2 is 1.70 bits per heavy atom. The molecule has 0 radical (unpaired) electrons. The summed E-state index contributed by atoms with van der Waals surface area (Å²) in [6.07, 6.45) is 1.23. The van der Waals surface area contributed by atoms with Crippen LogP contribution in [-0.4, -0.2) is 44.7 Å². The van der Waals surface area contributed by atoms with Crippen LogP contribution in [-0.2, 0) is 22.5 Å². The molecule has 1 aliphatic heterocycles. The van der Waals surface area contributed by atoms with Crippen LogP contribution in [0.4, 0.5) is 13.6 Å². The van der Waals surface area contributed by atoms with Crippen molar-refractivity contribution in [2.75, 3.05) is 13.1 Å². The molecular weight excluding hydrogens is 410 g/mol. The first kappa shape index (κ1) is 23.0. The van der Waals surface area contributed by atoms with E-state index in [4.69, 9.17) is 4.74 Å². The number of fused-ring (bicyclic) bond motifs is 1. The van der Waals surface area contributed by atoms with Gasteiger partial charge in [-0.05, 0) is 78.5 Å². The van der Waals surface area contributed by atoms with Gasteiger partial charge in [0.25, 0.3) is 0 Å². The van der Waals surface area contributed by atoms with Crippen LogP contribution in [0.25, 0.3) is 0 Å². The van der Waals surface area contributed by atoms with Crippen molar-refractivity contribution >= 4 is 23.2 Å². The number of carbonyl (C=O) groups is 1. The van der Waals surface area contributed by atoms with Crippen LogP contribution in [0.15, 0.2) is 16.5 Å². The summed E-state index contributed by atoms with van der Waals surface area (Å²) in [4.78, 5) is 14.1. The molecule has 3 rings (SSSR count). The van der Waals surface area contributed by atoms with Gasteiger partial charge in [-0.3, -0.25) is 0 Å². The van der Waals surface area contributed by atoms with E-state index in [0.29, 0.717) is 49.2 Å². The zero-order valence-electron chi connectivity index (χ0n) is 18.5. The highest BCUT2D eigenvalue weighted by Crippen LogP contribution is 2.46. The highest BCUT2D eigenvalue weighted by Gasteiger charge is 2.48. The van der Waals surface area contributed by atoms with E-state index in [9.17, 15) is 18.1 Å². The predicted molar refractivity (Wildman–Crippen MR) is 114 cm³/mol. The van der Waals surface area contributed by atoms with E-state index in [0.717, 1.165) is 0 Å². The maximum absolute atomic E-state index is 14.0. The molecule has 30 heavy (non-hydrogen) atoms. The quantitative estimate of drug-likeness (QED) is 0.590. The molecule has 0 aromatic heterocycles. The first-order valence-corrected chi connectivity index (χ1v) is 11.3. The summed E-state index contributed by atoms with van der Waals surface area (Å²) in [5.74, 6) is -1.83. The first-order valence-electron chi connectivity index (χ1n) is 10.2. The molecular formula is C22H30F2N2O3S. The van der Waals surface area contributed by atoms with Crippen LogP contribution in [0.3, 0.4) is 0 Å². The number of amides is 1. The summed E-state index contributed by atoms with van der Waals surface area (Å²) in [7, 11) is 0. The van der Waals surface area contributed by atoms with Gasteiger partial charge in [0.15, 0.2) is 11.6 Å². The second kappa shape index (κ2) is 7.79. The summed E-state index contributed by atoms with van der Waals surface area (Å²) in [5, 5.41) is 0. The van der Waals surface area contributed by atoms with E-state index < -0.39 is 38.8 Å².